The van der Waals surface area contributed by atoms with Crippen LogP contribution < -0.4 is 5.32 Å². The molecule has 1 atom stereocenters. The monoisotopic (exact) mass is 289 g/mol. The molecule has 18 heavy (non-hydrogen) atoms. The average molecular weight is 289 g/mol. The first-order valence-electron chi connectivity index (χ1n) is 6.00. The molecule has 0 amide bonds. The predicted octanol–water partition coefficient (Wildman–Crippen LogP) is 1.87. The van der Waals surface area contributed by atoms with Crippen molar-refractivity contribution in [3.63, 3.8) is 0 Å². The van der Waals surface area contributed by atoms with Crippen molar-refractivity contribution >= 4 is 29.3 Å². The minimum atomic E-state index is -0.225. The molecule has 0 aliphatic heterocycles. The first-order chi connectivity index (χ1) is 8.67. The largest absolute Gasteiger partial charge is 0.465 e. The van der Waals surface area contributed by atoms with Gasteiger partial charge in [-0.3, -0.25) is 4.79 Å². The standard InChI is InChI=1S/C11H19N3O2S2/c1-4-12-9(10(15)16-5-2)6-7-17-11-13-8(3)14-18-11/h9,12H,4-7H2,1-3H3. The second kappa shape index (κ2) is 8.44. The van der Waals surface area contributed by atoms with Gasteiger partial charge in [0.25, 0.3) is 0 Å². The molecule has 0 saturated heterocycles. The van der Waals surface area contributed by atoms with Gasteiger partial charge in [-0.25, -0.2) is 4.98 Å². The molecule has 1 unspecified atom stereocenters. The molecule has 1 aromatic heterocycles. The Labute approximate surface area is 116 Å². The molecule has 1 rings (SSSR count). The highest BCUT2D eigenvalue weighted by Crippen LogP contribution is 2.21. The van der Waals surface area contributed by atoms with Crippen molar-refractivity contribution < 1.29 is 9.53 Å². The van der Waals surface area contributed by atoms with Crippen molar-refractivity contribution in [3.05, 3.63) is 5.82 Å². The minimum absolute atomic E-state index is 0.173. The Morgan fingerprint density at radius 3 is 2.89 bits per heavy atom. The number of nitrogens with zero attached hydrogens (tertiary/aromatic N) is 2. The van der Waals surface area contributed by atoms with Crippen LogP contribution in [0, 0.1) is 6.92 Å². The van der Waals surface area contributed by atoms with E-state index in [2.05, 4.69) is 14.7 Å². The van der Waals surface area contributed by atoms with Crippen LogP contribution >= 0.6 is 23.3 Å². The van der Waals surface area contributed by atoms with Crippen LogP contribution in [0.4, 0.5) is 0 Å². The zero-order valence-corrected chi connectivity index (χ0v) is 12.6. The van der Waals surface area contributed by atoms with Crippen LogP contribution in [0.5, 0.6) is 0 Å². The summed E-state index contributed by atoms with van der Waals surface area (Å²) < 4.78 is 10.1. The van der Waals surface area contributed by atoms with E-state index in [1.807, 2.05) is 20.8 Å². The maximum atomic E-state index is 11.7. The number of hydrogen-bond acceptors (Lipinski definition) is 7. The van der Waals surface area contributed by atoms with E-state index in [-0.39, 0.29) is 12.0 Å². The van der Waals surface area contributed by atoms with Crippen molar-refractivity contribution in [2.45, 2.75) is 37.6 Å². The number of thioether (sulfide) groups is 1. The van der Waals surface area contributed by atoms with Gasteiger partial charge < -0.3 is 10.1 Å². The molecule has 0 radical (unpaired) electrons. The van der Waals surface area contributed by atoms with Crippen LogP contribution in [0.2, 0.25) is 0 Å². The van der Waals surface area contributed by atoms with Crippen LogP contribution in [0.3, 0.4) is 0 Å². The van der Waals surface area contributed by atoms with Gasteiger partial charge in [-0.15, -0.1) is 0 Å². The molecule has 1 aromatic rings. The van der Waals surface area contributed by atoms with Gasteiger partial charge in [0.2, 0.25) is 0 Å². The molecule has 1 heterocycles. The molecule has 0 aliphatic rings. The second-order valence-corrected chi connectivity index (χ2v) is 5.70. The molecule has 0 aromatic carbocycles. The number of aryl methyl sites for hydroxylation is 1. The van der Waals surface area contributed by atoms with E-state index in [1.165, 1.54) is 11.5 Å². The number of hydrogen-bond donors (Lipinski definition) is 1. The number of rotatable bonds is 8. The zero-order valence-electron chi connectivity index (χ0n) is 10.9. The summed E-state index contributed by atoms with van der Waals surface area (Å²) in [4.78, 5) is 15.9. The molecule has 7 heteroatoms. The maximum Gasteiger partial charge on any atom is 0.323 e. The topological polar surface area (TPSA) is 64.1 Å². The van der Waals surface area contributed by atoms with Crippen molar-refractivity contribution in [2.24, 2.45) is 0 Å². The van der Waals surface area contributed by atoms with Gasteiger partial charge in [-0.2, -0.15) is 4.37 Å². The number of esters is 1. The van der Waals surface area contributed by atoms with E-state index in [9.17, 15) is 4.79 Å². The number of nitrogens with one attached hydrogen (secondary N) is 1. The third kappa shape index (κ3) is 5.32. The molecule has 1 N–H and O–H groups in total. The summed E-state index contributed by atoms with van der Waals surface area (Å²) >= 11 is 3.03. The van der Waals surface area contributed by atoms with Crippen LogP contribution in [-0.4, -0.2) is 40.3 Å². The smallest absolute Gasteiger partial charge is 0.323 e. The highest BCUT2D eigenvalue weighted by atomic mass is 32.2. The quantitative estimate of drug-likeness (QED) is 0.582. The van der Waals surface area contributed by atoms with Crippen molar-refractivity contribution in [2.75, 3.05) is 18.9 Å². The summed E-state index contributed by atoms with van der Waals surface area (Å²) in [5, 5.41) is 3.14. The number of carbonyl (C=O) groups is 1. The lowest BCUT2D eigenvalue weighted by molar-refractivity contribution is -0.145. The van der Waals surface area contributed by atoms with Gasteiger partial charge in [0, 0.05) is 5.75 Å². The Hall–Kier alpha value is -0.660. The van der Waals surface area contributed by atoms with E-state index in [4.69, 9.17) is 4.74 Å². The van der Waals surface area contributed by atoms with Crippen molar-refractivity contribution in [1.82, 2.24) is 14.7 Å². The minimum Gasteiger partial charge on any atom is -0.465 e. The predicted molar refractivity (Wildman–Crippen MR) is 74.1 cm³/mol. The average Bonchev–Trinajstić information content (AvgIpc) is 2.74. The summed E-state index contributed by atoms with van der Waals surface area (Å²) in [6, 6.07) is -0.225. The third-order valence-electron chi connectivity index (χ3n) is 2.16. The lowest BCUT2D eigenvalue weighted by Gasteiger charge is -2.15. The van der Waals surface area contributed by atoms with E-state index in [0.717, 1.165) is 28.9 Å². The summed E-state index contributed by atoms with van der Waals surface area (Å²) in [6.07, 6.45) is 0.732. The number of aromatic nitrogens is 2. The van der Waals surface area contributed by atoms with Gasteiger partial charge >= 0.3 is 5.97 Å². The van der Waals surface area contributed by atoms with Crippen LogP contribution in [-0.2, 0) is 9.53 Å². The number of likely N-dealkylation sites (N-methyl/N-ethyl adjacent to an activating group) is 1. The fourth-order valence-corrected chi connectivity index (χ4v) is 3.11. The highest BCUT2D eigenvalue weighted by molar-refractivity contribution is 8.00. The Kier molecular flexibility index (Phi) is 7.22. The molecular formula is C11H19N3O2S2. The zero-order chi connectivity index (χ0) is 13.4. The van der Waals surface area contributed by atoms with E-state index >= 15 is 0 Å². The Bertz CT molecular complexity index is 371. The summed E-state index contributed by atoms with van der Waals surface area (Å²) in [7, 11) is 0. The molecule has 0 bridgehead atoms. The first kappa shape index (κ1) is 15.4. The molecule has 102 valence electrons. The van der Waals surface area contributed by atoms with E-state index in [1.54, 1.807) is 11.8 Å². The second-order valence-electron chi connectivity index (χ2n) is 3.61. The molecular weight excluding hydrogens is 270 g/mol. The summed E-state index contributed by atoms with van der Waals surface area (Å²) in [5.74, 6) is 1.45. The van der Waals surface area contributed by atoms with Crippen LogP contribution in [0.25, 0.3) is 0 Å². The van der Waals surface area contributed by atoms with Gasteiger partial charge in [-0.1, -0.05) is 18.7 Å². The fourth-order valence-electron chi connectivity index (χ4n) is 1.39. The lowest BCUT2D eigenvalue weighted by Crippen LogP contribution is -2.38. The summed E-state index contributed by atoms with van der Waals surface area (Å²) in [6.45, 7) is 6.85. The Balaban J connectivity index is 2.35. The third-order valence-corrected chi connectivity index (χ3v) is 4.12. The molecule has 0 saturated carbocycles. The van der Waals surface area contributed by atoms with Gasteiger partial charge in [0.05, 0.1) is 6.61 Å². The SMILES string of the molecule is CCNC(CCSc1nc(C)ns1)C(=O)OCC. The fraction of sp³-hybridized carbons (Fsp3) is 0.727. The molecule has 5 nitrogen and oxygen atoms in total. The highest BCUT2D eigenvalue weighted by Gasteiger charge is 2.18. The van der Waals surface area contributed by atoms with Crippen molar-refractivity contribution in [1.29, 1.82) is 0 Å². The van der Waals surface area contributed by atoms with Crippen molar-refractivity contribution in [3.8, 4) is 0 Å². The van der Waals surface area contributed by atoms with E-state index < -0.39 is 0 Å². The normalized spacial score (nSPS) is 12.4. The first-order valence-corrected chi connectivity index (χ1v) is 7.76. The van der Waals surface area contributed by atoms with E-state index in [0.29, 0.717) is 6.61 Å². The van der Waals surface area contributed by atoms with Crippen LogP contribution in [0.15, 0.2) is 4.34 Å². The number of carbonyl (C=O) groups excluding carboxylic acids is 1. The molecule has 0 spiro atoms. The van der Waals surface area contributed by atoms with Gasteiger partial charge in [0.1, 0.15) is 11.9 Å². The van der Waals surface area contributed by atoms with Gasteiger partial charge in [0.15, 0.2) is 4.34 Å². The summed E-state index contributed by atoms with van der Waals surface area (Å²) in [5.41, 5.74) is 0. The Morgan fingerprint density at radius 2 is 2.33 bits per heavy atom. The lowest BCUT2D eigenvalue weighted by atomic mass is 10.2. The number of ether oxygens (including phenoxy) is 1. The Morgan fingerprint density at radius 1 is 1.56 bits per heavy atom. The van der Waals surface area contributed by atoms with Crippen LogP contribution in [0.1, 0.15) is 26.1 Å². The molecule has 0 aliphatic carbocycles. The maximum absolute atomic E-state index is 11.7. The van der Waals surface area contributed by atoms with Gasteiger partial charge in [-0.05, 0) is 38.3 Å². The molecule has 0 fully saturated rings.